The Morgan fingerprint density at radius 3 is 2.50 bits per heavy atom. The zero-order valence-electron chi connectivity index (χ0n) is 10.5. The number of nitrogens with two attached hydrogens (primary N) is 1. The van der Waals surface area contributed by atoms with Crippen LogP contribution in [0.4, 0.5) is 4.39 Å². The normalized spacial score (nSPS) is 11.6. The van der Waals surface area contributed by atoms with Crippen LogP contribution in [0.25, 0.3) is 0 Å². The van der Waals surface area contributed by atoms with E-state index in [1.807, 2.05) is 0 Å². The SMILES string of the molecule is NCc1cc(F)ccc1CS(=O)(=O)c1cccc(Cl)c1. The van der Waals surface area contributed by atoms with E-state index in [0.29, 0.717) is 16.1 Å². The van der Waals surface area contributed by atoms with Gasteiger partial charge in [0.25, 0.3) is 0 Å². The van der Waals surface area contributed by atoms with Gasteiger partial charge >= 0.3 is 0 Å². The number of halogens is 2. The van der Waals surface area contributed by atoms with Crippen molar-refractivity contribution in [2.45, 2.75) is 17.2 Å². The van der Waals surface area contributed by atoms with E-state index < -0.39 is 15.7 Å². The molecular formula is C14H13ClFNO2S. The van der Waals surface area contributed by atoms with Crippen LogP contribution < -0.4 is 5.73 Å². The van der Waals surface area contributed by atoms with Crippen molar-refractivity contribution in [1.82, 2.24) is 0 Å². The minimum Gasteiger partial charge on any atom is -0.326 e. The van der Waals surface area contributed by atoms with Gasteiger partial charge in [-0.1, -0.05) is 23.7 Å². The van der Waals surface area contributed by atoms with E-state index in [0.717, 1.165) is 0 Å². The largest absolute Gasteiger partial charge is 0.326 e. The fourth-order valence-corrected chi connectivity index (χ4v) is 3.58. The summed E-state index contributed by atoms with van der Waals surface area (Å²) in [6, 6.07) is 9.97. The standard InChI is InChI=1S/C14H13ClFNO2S/c15-12-2-1-3-14(7-12)20(18,19)9-10-4-5-13(16)6-11(10)8-17/h1-7H,8-9,17H2. The Kier molecular flexibility index (Phi) is 4.42. The van der Waals surface area contributed by atoms with E-state index in [2.05, 4.69) is 0 Å². The van der Waals surface area contributed by atoms with Gasteiger partial charge in [0.1, 0.15) is 5.82 Å². The molecule has 6 heteroatoms. The highest BCUT2D eigenvalue weighted by Gasteiger charge is 2.17. The van der Waals surface area contributed by atoms with Gasteiger partial charge in [0.2, 0.25) is 0 Å². The molecule has 106 valence electrons. The highest BCUT2D eigenvalue weighted by Crippen LogP contribution is 2.22. The first-order chi connectivity index (χ1) is 9.42. The molecule has 20 heavy (non-hydrogen) atoms. The van der Waals surface area contributed by atoms with Gasteiger partial charge in [-0.3, -0.25) is 0 Å². The van der Waals surface area contributed by atoms with Crippen LogP contribution in [0.15, 0.2) is 47.4 Å². The Morgan fingerprint density at radius 2 is 1.85 bits per heavy atom. The lowest BCUT2D eigenvalue weighted by molar-refractivity contribution is 0.594. The quantitative estimate of drug-likeness (QED) is 0.944. The molecule has 2 aromatic carbocycles. The molecule has 2 aromatic rings. The molecule has 0 unspecified atom stereocenters. The summed E-state index contributed by atoms with van der Waals surface area (Å²) in [5.74, 6) is -0.672. The van der Waals surface area contributed by atoms with E-state index in [4.69, 9.17) is 17.3 Å². The van der Waals surface area contributed by atoms with E-state index in [9.17, 15) is 12.8 Å². The van der Waals surface area contributed by atoms with Gasteiger partial charge in [0, 0.05) is 11.6 Å². The molecular weight excluding hydrogens is 301 g/mol. The fourth-order valence-electron chi connectivity index (χ4n) is 1.87. The van der Waals surface area contributed by atoms with Crippen molar-refractivity contribution in [3.05, 3.63) is 64.4 Å². The Hall–Kier alpha value is -1.43. The molecule has 0 aromatic heterocycles. The predicted octanol–water partition coefficient (Wildman–Crippen LogP) is 2.91. The van der Waals surface area contributed by atoms with Gasteiger partial charge in [-0.2, -0.15) is 0 Å². The highest BCUT2D eigenvalue weighted by atomic mass is 35.5. The van der Waals surface area contributed by atoms with Crippen LogP contribution in [0.1, 0.15) is 11.1 Å². The molecule has 0 aliphatic rings. The summed E-state index contributed by atoms with van der Waals surface area (Å²) in [6.45, 7) is 0.0815. The van der Waals surface area contributed by atoms with Crippen LogP contribution in [0.2, 0.25) is 5.02 Å². The molecule has 0 fully saturated rings. The topological polar surface area (TPSA) is 60.2 Å². The molecule has 0 saturated carbocycles. The molecule has 2 N–H and O–H groups in total. The van der Waals surface area contributed by atoms with E-state index in [1.54, 1.807) is 12.1 Å². The van der Waals surface area contributed by atoms with Gasteiger partial charge in [0.15, 0.2) is 9.84 Å². The van der Waals surface area contributed by atoms with Crippen LogP contribution in [0.5, 0.6) is 0 Å². The summed E-state index contributed by atoms with van der Waals surface area (Å²) in [6.07, 6.45) is 0. The molecule has 3 nitrogen and oxygen atoms in total. The second-order valence-electron chi connectivity index (χ2n) is 4.33. The number of benzene rings is 2. The summed E-state index contributed by atoms with van der Waals surface area (Å²) in [4.78, 5) is 0.136. The number of hydrogen-bond donors (Lipinski definition) is 1. The van der Waals surface area contributed by atoms with Crippen molar-refractivity contribution in [3.8, 4) is 0 Å². The molecule has 0 aliphatic carbocycles. The highest BCUT2D eigenvalue weighted by molar-refractivity contribution is 7.90. The van der Waals surface area contributed by atoms with Gasteiger partial charge in [-0.25, -0.2) is 12.8 Å². The van der Waals surface area contributed by atoms with Crippen LogP contribution in [0.3, 0.4) is 0 Å². The van der Waals surface area contributed by atoms with Crippen molar-refractivity contribution in [1.29, 1.82) is 0 Å². The number of hydrogen-bond acceptors (Lipinski definition) is 3. The third-order valence-corrected chi connectivity index (χ3v) is 4.79. The monoisotopic (exact) mass is 313 g/mol. The summed E-state index contributed by atoms with van der Waals surface area (Å²) in [5, 5.41) is 0.351. The summed E-state index contributed by atoms with van der Waals surface area (Å²) >= 11 is 5.80. The Bertz CT molecular complexity index is 732. The van der Waals surface area contributed by atoms with E-state index in [-0.39, 0.29) is 17.2 Å². The second kappa shape index (κ2) is 5.91. The van der Waals surface area contributed by atoms with Crippen LogP contribution in [-0.2, 0) is 22.1 Å². The molecule has 0 spiro atoms. The Labute approximate surface area is 122 Å². The van der Waals surface area contributed by atoms with Crippen molar-refractivity contribution in [2.24, 2.45) is 5.73 Å². The second-order valence-corrected chi connectivity index (χ2v) is 6.76. The lowest BCUT2D eigenvalue weighted by Crippen LogP contribution is -2.09. The van der Waals surface area contributed by atoms with Crippen LogP contribution >= 0.6 is 11.6 Å². The Morgan fingerprint density at radius 1 is 1.10 bits per heavy atom. The summed E-state index contributed by atoms with van der Waals surface area (Å²) in [7, 11) is -3.54. The van der Waals surface area contributed by atoms with Gasteiger partial charge in [-0.15, -0.1) is 0 Å². The first-order valence-electron chi connectivity index (χ1n) is 5.88. The molecule has 0 amide bonds. The predicted molar refractivity (Wildman–Crippen MR) is 76.6 cm³/mol. The Balaban J connectivity index is 2.38. The van der Waals surface area contributed by atoms with Crippen molar-refractivity contribution in [2.75, 3.05) is 0 Å². The summed E-state index contributed by atoms with van der Waals surface area (Å²) < 4.78 is 37.7. The minimum atomic E-state index is -3.54. The lowest BCUT2D eigenvalue weighted by atomic mass is 10.1. The minimum absolute atomic E-state index is 0.0815. The third-order valence-electron chi connectivity index (χ3n) is 2.89. The maximum absolute atomic E-state index is 13.1. The van der Waals surface area contributed by atoms with Crippen LogP contribution in [0, 0.1) is 5.82 Å². The van der Waals surface area contributed by atoms with Crippen molar-refractivity contribution >= 4 is 21.4 Å². The van der Waals surface area contributed by atoms with Gasteiger partial charge in [0.05, 0.1) is 10.6 Å². The maximum atomic E-state index is 13.1. The molecule has 0 atom stereocenters. The lowest BCUT2D eigenvalue weighted by Gasteiger charge is -2.09. The average molecular weight is 314 g/mol. The van der Waals surface area contributed by atoms with Crippen LogP contribution in [-0.4, -0.2) is 8.42 Å². The average Bonchev–Trinajstić information content (AvgIpc) is 2.40. The van der Waals surface area contributed by atoms with Gasteiger partial charge < -0.3 is 5.73 Å². The molecule has 2 rings (SSSR count). The van der Waals surface area contributed by atoms with Gasteiger partial charge in [-0.05, 0) is 41.5 Å². The first kappa shape index (κ1) is 15.0. The molecule has 0 bridgehead atoms. The third kappa shape index (κ3) is 3.36. The fraction of sp³-hybridized carbons (Fsp3) is 0.143. The molecule has 0 saturated heterocycles. The summed E-state index contributed by atoms with van der Waals surface area (Å²) in [5.41, 5.74) is 6.49. The molecule has 0 heterocycles. The van der Waals surface area contributed by atoms with E-state index >= 15 is 0 Å². The number of sulfone groups is 1. The maximum Gasteiger partial charge on any atom is 0.182 e. The number of rotatable bonds is 4. The smallest absolute Gasteiger partial charge is 0.182 e. The zero-order chi connectivity index (χ0) is 14.8. The first-order valence-corrected chi connectivity index (χ1v) is 7.91. The zero-order valence-corrected chi connectivity index (χ0v) is 12.1. The van der Waals surface area contributed by atoms with Crippen molar-refractivity contribution < 1.29 is 12.8 Å². The van der Waals surface area contributed by atoms with Crippen molar-refractivity contribution in [3.63, 3.8) is 0 Å². The van der Waals surface area contributed by atoms with E-state index in [1.165, 1.54) is 30.3 Å². The molecule has 0 aliphatic heterocycles. The molecule has 0 radical (unpaired) electrons.